The lowest BCUT2D eigenvalue weighted by Crippen LogP contribution is -2.61. The van der Waals surface area contributed by atoms with Gasteiger partial charge in [-0.3, -0.25) is 0 Å². The molecule has 4 bridgehead atoms. The number of rotatable bonds is 8. The van der Waals surface area contributed by atoms with Crippen LogP contribution >= 0.6 is 0 Å². The number of aliphatic hydroxyl groups is 1. The zero-order chi connectivity index (χ0) is 25.4. The van der Waals surface area contributed by atoms with Crippen molar-refractivity contribution in [1.82, 2.24) is 15.3 Å². The second kappa shape index (κ2) is 10.1. The highest BCUT2D eigenvalue weighted by atomic mass is 16.3. The number of nitriles is 1. The van der Waals surface area contributed by atoms with Gasteiger partial charge >= 0.3 is 0 Å². The van der Waals surface area contributed by atoms with E-state index >= 15 is 0 Å². The molecular formula is C29H38N6O2. The summed E-state index contributed by atoms with van der Waals surface area (Å²) >= 11 is 0. The maximum absolute atomic E-state index is 10.0. The van der Waals surface area contributed by atoms with Gasteiger partial charge in [0.25, 0.3) is 0 Å². The molecule has 5 N–H and O–H groups in total. The number of aromatic hydroxyl groups is 1. The molecule has 0 aliphatic heterocycles. The molecule has 1 unspecified atom stereocenters. The van der Waals surface area contributed by atoms with Gasteiger partial charge in [-0.25, -0.2) is 4.98 Å². The molecular weight excluding hydrogens is 464 g/mol. The lowest BCUT2D eigenvalue weighted by molar-refractivity contribution is -0.0737. The first-order chi connectivity index (χ1) is 18.0. The molecule has 5 atom stereocenters. The number of aromatic nitrogens is 2. The fraction of sp³-hybridized carbons (Fsp3) is 0.621. The molecule has 8 heteroatoms. The lowest BCUT2D eigenvalue weighted by Gasteiger charge is -2.61. The molecule has 1 aromatic carbocycles. The molecule has 5 aliphatic rings. The molecule has 1 heterocycles. The molecule has 37 heavy (non-hydrogen) atoms. The normalized spacial score (nSPS) is 34.2. The van der Waals surface area contributed by atoms with Crippen LogP contribution in [-0.2, 0) is 6.54 Å². The van der Waals surface area contributed by atoms with Crippen LogP contribution in [0.15, 0.2) is 30.5 Å². The second-order valence-corrected chi connectivity index (χ2v) is 12.1. The number of hydrogen-bond donors (Lipinski definition) is 5. The molecule has 0 amide bonds. The molecule has 196 valence electrons. The average molecular weight is 503 g/mol. The van der Waals surface area contributed by atoms with Crippen molar-refractivity contribution in [3.63, 3.8) is 0 Å². The Kier molecular flexibility index (Phi) is 6.68. The first kappa shape index (κ1) is 24.4. The minimum Gasteiger partial charge on any atom is -0.508 e. The van der Waals surface area contributed by atoms with E-state index in [0.717, 1.165) is 55.5 Å². The van der Waals surface area contributed by atoms with Gasteiger partial charge < -0.3 is 26.2 Å². The maximum atomic E-state index is 10.0. The van der Waals surface area contributed by atoms with Crippen LogP contribution in [0.1, 0.15) is 68.9 Å². The van der Waals surface area contributed by atoms with Gasteiger partial charge in [-0.1, -0.05) is 18.2 Å². The van der Waals surface area contributed by atoms with Crippen LogP contribution in [0.4, 0.5) is 11.8 Å². The summed E-state index contributed by atoms with van der Waals surface area (Å²) in [6, 6.07) is 10.6. The zero-order valence-electron chi connectivity index (χ0n) is 21.4. The molecule has 0 radical (unpaired) electrons. The fourth-order valence-electron chi connectivity index (χ4n) is 7.99. The van der Waals surface area contributed by atoms with Gasteiger partial charge in [0.15, 0.2) is 0 Å². The molecule has 8 nitrogen and oxygen atoms in total. The smallest absolute Gasteiger partial charge is 0.224 e. The van der Waals surface area contributed by atoms with Crippen molar-refractivity contribution in [2.75, 3.05) is 17.2 Å². The summed E-state index contributed by atoms with van der Waals surface area (Å²) in [5.41, 5.74) is 1.49. The van der Waals surface area contributed by atoms with Crippen molar-refractivity contribution in [3.8, 4) is 11.8 Å². The van der Waals surface area contributed by atoms with Crippen molar-refractivity contribution in [2.24, 2.45) is 23.2 Å². The molecule has 7 rings (SSSR count). The van der Waals surface area contributed by atoms with Crippen LogP contribution in [0, 0.1) is 34.5 Å². The Morgan fingerprint density at radius 1 is 1.03 bits per heavy atom. The van der Waals surface area contributed by atoms with Gasteiger partial charge in [0, 0.05) is 30.7 Å². The van der Waals surface area contributed by atoms with Crippen LogP contribution in [0.25, 0.3) is 0 Å². The van der Waals surface area contributed by atoms with Crippen molar-refractivity contribution >= 4 is 11.8 Å². The number of benzene rings is 1. The van der Waals surface area contributed by atoms with E-state index < -0.39 is 0 Å². The van der Waals surface area contributed by atoms with E-state index in [1.54, 1.807) is 18.3 Å². The Bertz CT molecular complexity index is 1140. The van der Waals surface area contributed by atoms with Crippen LogP contribution in [0.5, 0.6) is 5.75 Å². The highest BCUT2D eigenvalue weighted by Crippen LogP contribution is 2.60. The SMILES string of the molecule is N#Cc1cnc(NCc2ccccc2O)nc1NC[C@@]12CC3C[C@H](C1)[C@@H](N[C@H]1CC[C@H](O)CC1)[C@@H](C3)C2. The number of phenols is 1. The monoisotopic (exact) mass is 502 g/mol. The zero-order valence-corrected chi connectivity index (χ0v) is 21.4. The van der Waals surface area contributed by atoms with Crippen molar-refractivity contribution < 1.29 is 10.2 Å². The fourth-order valence-corrected chi connectivity index (χ4v) is 7.99. The van der Waals surface area contributed by atoms with Crippen LogP contribution in [-0.4, -0.2) is 44.9 Å². The number of hydrogen-bond acceptors (Lipinski definition) is 8. The van der Waals surface area contributed by atoms with E-state index in [1.807, 2.05) is 12.1 Å². The minimum absolute atomic E-state index is 0.104. The number of phenolic OH excluding ortho intramolecular Hbond substituents is 1. The Balaban J connectivity index is 1.11. The largest absolute Gasteiger partial charge is 0.508 e. The Hall–Kier alpha value is -2.89. The highest BCUT2D eigenvalue weighted by Gasteiger charge is 2.55. The maximum Gasteiger partial charge on any atom is 0.224 e. The summed E-state index contributed by atoms with van der Waals surface area (Å²) in [7, 11) is 0. The Morgan fingerprint density at radius 2 is 1.78 bits per heavy atom. The second-order valence-electron chi connectivity index (χ2n) is 12.1. The van der Waals surface area contributed by atoms with E-state index in [-0.39, 0.29) is 17.3 Å². The van der Waals surface area contributed by atoms with Crippen LogP contribution in [0.3, 0.4) is 0 Å². The lowest BCUT2D eigenvalue weighted by atomic mass is 9.47. The van der Waals surface area contributed by atoms with Crippen molar-refractivity contribution in [1.29, 1.82) is 5.26 Å². The number of nitrogens with zero attached hydrogens (tertiary/aromatic N) is 3. The standard InChI is InChI=1S/C29H38N6O2/c30-14-22-16-32-28(31-15-19-3-1-2-4-25(19)37)35-27(22)33-17-29-11-18-9-20(12-29)26(21(10-18)13-29)34-23-5-7-24(36)8-6-23/h1-4,16,18,20-21,23-24,26,34,36-37H,5-13,15,17H2,(H2,31,32,33,35)/t18?,20-,21+,23-,24-,26-,29+. The number of anilines is 2. The third kappa shape index (κ3) is 5.12. The summed E-state index contributed by atoms with van der Waals surface area (Å²) in [6.07, 6.45) is 11.9. The number of nitrogens with one attached hydrogen (secondary N) is 3. The molecule has 5 aliphatic carbocycles. The van der Waals surface area contributed by atoms with Crippen LogP contribution < -0.4 is 16.0 Å². The van der Waals surface area contributed by atoms with E-state index in [4.69, 9.17) is 0 Å². The van der Waals surface area contributed by atoms with Gasteiger partial charge in [-0.15, -0.1) is 0 Å². The topological polar surface area (TPSA) is 126 Å². The number of aliphatic hydroxyl groups excluding tert-OH is 1. The first-order valence-electron chi connectivity index (χ1n) is 14.0. The Labute approximate surface area is 218 Å². The quantitative estimate of drug-likeness (QED) is 0.364. The third-order valence-corrected chi connectivity index (χ3v) is 9.49. The summed E-state index contributed by atoms with van der Waals surface area (Å²) in [4.78, 5) is 8.94. The molecule has 2 aromatic rings. The summed E-state index contributed by atoms with van der Waals surface area (Å²) in [5, 5.41) is 40.4. The van der Waals surface area contributed by atoms with E-state index in [9.17, 15) is 15.5 Å². The highest BCUT2D eigenvalue weighted by molar-refractivity contribution is 5.53. The summed E-state index contributed by atoms with van der Waals surface area (Å²) < 4.78 is 0. The predicted octanol–water partition coefficient (Wildman–Crippen LogP) is 4.17. The van der Waals surface area contributed by atoms with Gasteiger partial charge in [0.05, 0.1) is 12.3 Å². The van der Waals surface area contributed by atoms with Gasteiger partial charge in [-0.2, -0.15) is 10.2 Å². The van der Waals surface area contributed by atoms with E-state index in [2.05, 4.69) is 32.0 Å². The molecule has 0 saturated heterocycles. The predicted molar refractivity (Wildman–Crippen MR) is 142 cm³/mol. The average Bonchev–Trinajstić information content (AvgIpc) is 2.90. The first-order valence-corrected chi connectivity index (χ1v) is 14.0. The molecule has 5 fully saturated rings. The van der Waals surface area contributed by atoms with Crippen LogP contribution in [0.2, 0.25) is 0 Å². The van der Waals surface area contributed by atoms with Gasteiger partial charge in [-0.05, 0) is 87.0 Å². The van der Waals surface area contributed by atoms with Gasteiger partial charge in [0.1, 0.15) is 23.2 Å². The van der Waals surface area contributed by atoms with Crippen molar-refractivity contribution in [2.45, 2.75) is 82.5 Å². The Morgan fingerprint density at radius 3 is 2.51 bits per heavy atom. The number of para-hydroxylation sites is 1. The van der Waals surface area contributed by atoms with Crippen molar-refractivity contribution in [3.05, 3.63) is 41.6 Å². The van der Waals surface area contributed by atoms with E-state index in [0.29, 0.717) is 36.0 Å². The molecule has 1 aromatic heterocycles. The molecule has 0 spiro atoms. The van der Waals surface area contributed by atoms with Gasteiger partial charge in [0.2, 0.25) is 5.95 Å². The summed E-state index contributed by atoms with van der Waals surface area (Å²) in [5.74, 6) is 3.51. The minimum atomic E-state index is -0.104. The molecule has 5 saturated carbocycles. The third-order valence-electron chi connectivity index (χ3n) is 9.49. The summed E-state index contributed by atoms with van der Waals surface area (Å²) in [6.45, 7) is 1.24. The van der Waals surface area contributed by atoms with E-state index in [1.165, 1.54) is 32.1 Å².